The normalized spacial score (nSPS) is 20.2. The number of allylic oxidation sites excluding steroid dienone is 1. The fourth-order valence-electron chi connectivity index (χ4n) is 4.14. The van der Waals surface area contributed by atoms with E-state index in [1.165, 1.54) is 23.3 Å². The van der Waals surface area contributed by atoms with Crippen LogP contribution in [-0.2, 0) is 17.6 Å². The molecule has 1 fully saturated rings. The van der Waals surface area contributed by atoms with Crippen molar-refractivity contribution >= 4 is 28.4 Å². The van der Waals surface area contributed by atoms with Crippen molar-refractivity contribution in [3.05, 3.63) is 27.9 Å². The minimum Gasteiger partial charge on any atom is -0.450 e. The number of carboxylic acid groups (broad SMARTS) is 2. The molecule has 2 heterocycles. The highest BCUT2D eigenvalue weighted by atomic mass is 32.1. The van der Waals surface area contributed by atoms with Crippen LogP contribution in [0.5, 0.6) is 0 Å². The van der Waals surface area contributed by atoms with E-state index < -0.39 is 6.16 Å². The first-order valence-electron chi connectivity index (χ1n) is 10.8. The van der Waals surface area contributed by atoms with Gasteiger partial charge < -0.3 is 20.1 Å². The van der Waals surface area contributed by atoms with E-state index in [0.717, 1.165) is 66.9 Å². The maximum Gasteiger partial charge on any atom is 0.503 e. The van der Waals surface area contributed by atoms with E-state index in [-0.39, 0.29) is 5.91 Å². The van der Waals surface area contributed by atoms with Gasteiger partial charge in [0.25, 0.3) is 11.8 Å². The van der Waals surface area contributed by atoms with E-state index in [1.54, 1.807) is 11.3 Å². The standard InChI is InChI=1S/C21H25N3O2S.CH2O3/c1-12-7-10-15-16(11-12)27-21(23-19(25)14-5-3-2-4-6-14)17(15)20-22-18(24-26-20)13-8-9-13;2-1(3)4/h5,12-13H,2-4,6-11H2,1H3,(H,23,25);(H2,2,3,4). The number of thiophene rings is 1. The molecule has 3 N–H and O–H groups in total. The molecule has 0 radical (unpaired) electrons. The molecule has 0 saturated heterocycles. The fraction of sp³-hybridized carbons (Fsp3) is 0.545. The highest BCUT2D eigenvalue weighted by molar-refractivity contribution is 7.17. The maximum atomic E-state index is 12.8. The van der Waals surface area contributed by atoms with Gasteiger partial charge in [-0.05, 0) is 69.3 Å². The zero-order chi connectivity index (χ0) is 22.0. The van der Waals surface area contributed by atoms with Crippen molar-refractivity contribution in [3.8, 4) is 11.5 Å². The maximum absolute atomic E-state index is 12.8. The molecule has 1 amide bonds. The summed E-state index contributed by atoms with van der Waals surface area (Å²) in [5, 5.41) is 22.2. The molecule has 0 aliphatic heterocycles. The summed E-state index contributed by atoms with van der Waals surface area (Å²) in [6.07, 6.45) is 9.95. The second-order valence-corrected chi connectivity index (χ2v) is 9.60. The zero-order valence-electron chi connectivity index (χ0n) is 17.5. The van der Waals surface area contributed by atoms with E-state index in [1.807, 2.05) is 0 Å². The first-order chi connectivity index (χ1) is 14.9. The number of hydrogen-bond donors (Lipinski definition) is 3. The molecule has 31 heavy (non-hydrogen) atoms. The summed E-state index contributed by atoms with van der Waals surface area (Å²) in [6.45, 7) is 2.30. The molecule has 3 aliphatic carbocycles. The highest BCUT2D eigenvalue weighted by Crippen LogP contribution is 2.46. The van der Waals surface area contributed by atoms with Gasteiger partial charge in [0.05, 0.1) is 5.56 Å². The third kappa shape index (κ3) is 5.15. The molecule has 2 aromatic heterocycles. The van der Waals surface area contributed by atoms with Crippen LogP contribution in [0.15, 0.2) is 16.2 Å². The fourth-order valence-corrected chi connectivity index (χ4v) is 5.53. The van der Waals surface area contributed by atoms with Gasteiger partial charge in [0.15, 0.2) is 5.82 Å². The Kier molecular flexibility index (Phi) is 6.41. The lowest BCUT2D eigenvalue weighted by atomic mass is 9.88. The third-order valence-electron chi connectivity index (χ3n) is 5.92. The largest absolute Gasteiger partial charge is 0.503 e. The van der Waals surface area contributed by atoms with Crippen LogP contribution in [0.2, 0.25) is 0 Å². The Hall–Kier alpha value is -2.68. The van der Waals surface area contributed by atoms with Gasteiger partial charge in [0.1, 0.15) is 5.00 Å². The predicted octanol–water partition coefficient (Wildman–Crippen LogP) is 5.46. The Labute approximate surface area is 184 Å². The van der Waals surface area contributed by atoms with Crippen LogP contribution in [-0.4, -0.2) is 32.4 Å². The Bertz CT molecular complexity index is 1000. The number of nitrogens with zero attached hydrogens (tertiary/aromatic N) is 2. The Morgan fingerprint density at radius 2 is 1.97 bits per heavy atom. The topological polar surface area (TPSA) is 126 Å². The molecule has 9 heteroatoms. The molecule has 0 spiro atoms. The highest BCUT2D eigenvalue weighted by Gasteiger charge is 2.32. The number of rotatable bonds is 4. The molecular weight excluding hydrogens is 418 g/mol. The van der Waals surface area contributed by atoms with Gasteiger partial charge in [0.2, 0.25) is 0 Å². The lowest BCUT2D eigenvalue weighted by Crippen LogP contribution is -2.15. The molecule has 0 aromatic carbocycles. The quantitative estimate of drug-likeness (QED) is 0.570. The van der Waals surface area contributed by atoms with E-state index in [0.29, 0.717) is 17.7 Å². The summed E-state index contributed by atoms with van der Waals surface area (Å²) in [4.78, 5) is 27.4. The predicted molar refractivity (Wildman–Crippen MR) is 117 cm³/mol. The minimum atomic E-state index is -1.83. The van der Waals surface area contributed by atoms with Crippen molar-refractivity contribution in [1.82, 2.24) is 10.1 Å². The molecule has 1 saturated carbocycles. The molecule has 5 rings (SSSR count). The lowest BCUT2D eigenvalue weighted by molar-refractivity contribution is -0.113. The van der Waals surface area contributed by atoms with Crippen LogP contribution < -0.4 is 5.32 Å². The van der Waals surface area contributed by atoms with Crippen LogP contribution in [0.4, 0.5) is 9.80 Å². The number of amides is 1. The van der Waals surface area contributed by atoms with Gasteiger partial charge in [-0.3, -0.25) is 4.79 Å². The number of anilines is 1. The Morgan fingerprint density at radius 1 is 1.19 bits per heavy atom. The van der Waals surface area contributed by atoms with Gasteiger partial charge in [0, 0.05) is 16.4 Å². The van der Waals surface area contributed by atoms with E-state index in [2.05, 4.69) is 28.5 Å². The van der Waals surface area contributed by atoms with E-state index in [9.17, 15) is 4.79 Å². The second kappa shape index (κ2) is 9.21. The van der Waals surface area contributed by atoms with Gasteiger partial charge >= 0.3 is 6.16 Å². The second-order valence-electron chi connectivity index (χ2n) is 8.50. The van der Waals surface area contributed by atoms with Crippen LogP contribution in [0.25, 0.3) is 11.5 Å². The Balaban J connectivity index is 0.000000535. The number of carbonyl (C=O) groups is 2. The van der Waals surface area contributed by atoms with E-state index >= 15 is 0 Å². The molecule has 8 nitrogen and oxygen atoms in total. The first kappa shape index (κ1) is 21.5. The average molecular weight is 446 g/mol. The summed E-state index contributed by atoms with van der Waals surface area (Å²) in [6, 6.07) is 0. The number of nitrogens with one attached hydrogen (secondary N) is 1. The monoisotopic (exact) mass is 445 g/mol. The summed E-state index contributed by atoms with van der Waals surface area (Å²) in [5.41, 5.74) is 3.19. The van der Waals surface area contributed by atoms with Gasteiger partial charge in [-0.1, -0.05) is 18.2 Å². The molecule has 0 bridgehead atoms. The lowest BCUT2D eigenvalue weighted by Gasteiger charge is -2.18. The smallest absolute Gasteiger partial charge is 0.450 e. The summed E-state index contributed by atoms with van der Waals surface area (Å²) < 4.78 is 5.65. The van der Waals surface area contributed by atoms with Crippen LogP contribution in [0.3, 0.4) is 0 Å². The summed E-state index contributed by atoms with van der Waals surface area (Å²) in [7, 11) is 0. The molecule has 3 aliphatic rings. The Morgan fingerprint density at radius 3 is 2.65 bits per heavy atom. The van der Waals surface area contributed by atoms with Crippen molar-refractivity contribution in [3.63, 3.8) is 0 Å². The van der Waals surface area contributed by atoms with Gasteiger partial charge in [-0.2, -0.15) is 4.98 Å². The van der Waals surface area contributed by atoms with Crippen molar-refractivity contribution in [2.24, 2.45) is 5.92 Å². The third-order valence-corrected chi connectivity index (χ3v) is 7.09. The minimum absolute atomic E-state index is 0.0320. The number of carbonyl (C=O) groups excluding carboxylic acids is 1. The van der Waals surface area contributed by atoms with Gasteiger partial charge in [-0.15, -0.1) is 11.3 Å². The molecule has 166 valence electrons. The van der Waals surface area contributed by atoms with Crippen LogP contribution in [0.1, 0.15) is 74.1 Å². The SMILES string of the molecule is CC1CCc2c(sc(NC(=O)C3=CCCCC3)c2-c2nc(C3CC3)no2)C1.O=C(O)O. The molecule has 1 atom stereocenters. The van der Waals surface area contributed by atoms with Gasteiger partial charge in [-0.25, -0.2) is 4.79 Å². The summed E-state index contributed by atoms with van der Waals surface area (Å²) in [5.74, 6) is 2.57. The van der Waals surface area contributed by atoms with E-state index in [4.69, 9.17) is 19.5 Å². The number of hydrogen-bond acceptors (Lipinski definition) is 6. The average Bonchev–Trinajstić information content (AvgIpc) is 3.37. The van der Waals surface area contributed by atoms with Crippen molar-refractivity contribution < 1.29 is 24.3 Å². The van der Waals surface area contributed by atoms with Crippen molar-refractivity contribution in [2.75, 3.05) is 5.32 Å². The first-order valence-corrected chi connectivity index (χ1v) is 11.6. The van der Waals surface area contributed by atoms with Crippen molar-refractivity contribution in [1.29, 1.82) is 0 Å². The molecule has 2 aromatic rings. The zero-order valence-corrected chi connectivity index (χ0v) is 18.3. The molecule has 1 unspecified atom stereocenters. The van der Waals surface area contributed by atoms with Crippen molar-refractivity contribution in [2.45, 2.75) is 70.6 Å². The molecular formula is C22H27N3O5S. The number of aromatic nitrogens is 2. The van der Waals surface area contributed by atoms with Crippen LogP contribution in [0, 0.1) is 5.92 Å². The summed E-state index contributed by atoms with van der Waals surface area (Å²) >= 11 is 1.70. The number of fused-ring (bicyclic) bond motifs is 1. The van der Waals surface area contributed by atoms with Crippen LogP contribution >= 0.6 is 11.3 Å².